The summed E-state index contributed by atoms with van der Waals surface area (Å²) in [5.41, 5.74) is 0. The van der Waals surface area contributed by atoms with Gasteiger partial charge in [0.25, 0.3) is 11.8 Å². The highest BCUT2D eigenvalue weighted by atomic mass is 16.7. The van der Waals surface area contributed by atoms with Gasteiger partial charge in [-0.15, -0.1) is 5.06 Å². The predicted molar refractivity (Wildman–Crippen MR) is 57.5 cm³/mol. The van der Waals surface area contributed by atoms with Crippen LogP contribution in [-0.4, -0.2) is 46.7 Å². The van der Waals surface area contributed by atoms with E-state index >= 15 is 0 Å². The van der Waals surface area contributed by atoms with E-state index in [4.69, 9.17) is 0 Å². The summed E-state index contributed by atoms with van der Waals surface area (Å²) in [6, 6.07) is 0. The van der Waals surface area contributed by atoms with Gasteiger partial charge < -0.3 is 9.74 Å². The summed E-state index contributed by atoms with van der Waals surface area (Å²) in [7, 11) is 0. The molecule has 7 nitrogen and oxygen atoms in total. The Bertz CT molecular complexity index is 427. The summed E-state index contributed by atoms with van der Waals surface area (Å²) >= 11 is 0. The molecule has 1 fully saturated rings. The molecule has 2 rings (SSSR count). The Morgan fingerprint density at radius 3 is 2.44 bits per heavy atom. The molecule has 0 unspecified atom stereocenters. The molecule has 3 amide bonds. The Morgan fingerprint density at radius 1 is 1.22 bits per heavy atom. The molecule has 0 aromatic carbocycles. The Labute approximate surface area is 103 Å². The summed E-state index contributed by atoms with van der Waals surface area (Å²) in [4.78, 5) is 51.1. The van der Waals surface area contributed by atoms with Crippen molar-refractivity contribution in [3.05, 3.63) is 12.2 Å². The average Bonchev–Trinajstić information content (AvgIpc) is 2.87. The Morgan fingerprint density at radius 2 is 1.89 bits per heavy atom. The summed E-state index contributed by atoms with van der Waals surface area (Å²) in [6.07, 6.45) is 3.21. The summed E-state index contributed by atoms with van der Waals surface area (Å²) in [6.45, 7) is 0.675. The van der Waals surface area contributed by atoms with E-state index < -0.39 is 17.8 Å². The molecule has 0 spiro atoms. The van der Waals surface area contributed by atoms with Gasteiger partial charge in [-0.1, -0.05) is 6.08 Å². The van der Waals surface area contributed by atoms with E-state index in [2.05, 4.69) is 4.84 Å². The molecule has 0 bridgehead atoms. The fraction of sp³-hybridized carbons (Fsp3) is 0.455. The van der Waals surface area contributed by atoms with Gasteiger partial charge in [-0.05, 0) is 0 Å². The van der Waals surface area contributed by atoms with E-state index in [0.29, 0.717) is 11.6 Å². The van der Waals surface area contributed by atoms with E-state index in [1.165, 1.54) is 11.0 Å². The number of hydrogen-bond acceptors (Lipinski definition) is 5. The van der Waals surface area contributed by atoms with Crippen LogP contribution in [0.1, 0.15) is 19.3 Å². The second kappa shape index (κ2) is 4.99. The molecule has 2 aliphatic rings. The lowest BCUT2D eigenvalue weighted by Gasteiger charge is -2.16. The Hall–Kier alpha value is -2.18. The van der Waals surface area contributed by atoms with Crippen molar-refractivity contribution >= 4 is 23.7 Å². The molecule has 0 aromatic rings. The minimum absolute atomic E-state index is 0.0511. The van der Waals surface area contributed by atoms with Crippen LogP contribution in [0.25, 0.3) is 0 Å². The molecule has 0 atom stereocenters. The minimum Gasteiger partial charge on any atom is -0.335 e. The monoisotopic (exact) mass is 252 g/mol. The first-order valence-corrected chi connectivity index (χ1v) is 5.60. The van der Waals surface area contributed by atoms with Crippen LogP contribution in [0, 0.1) is 0 Å². The van der Waals surface area contributed by atoms with Crippen molar-refractivity contribution in [1.82, 2.24) is 9.96 Å². The van der Waals surface area contributed by atoms with Crippen LogP contribution in [0.4, 0.5) is 0 Å². The van der Waals surface area contributed by atoms with Gasteiger partial charge in [0.2, 0.25) is 5.91 Å². The van der Waals surface area contributed by atoms with Gasteiger partial charge in [0.05, 0.1) is 6.42 Å². The third kappa shape index (κ3) is 2.55. The van der Waals surface area contributed by atoms with Crippen molar-refractivity contribution < 1.29 is 24.0 Å². The maximum atomic E-state index is 11.4. The minimum atomic E-state index is -0.696. The van der Waals surface area contributed by atoms with E-state index in [1.807, 2.05) is 0 Å². The number of imide groups is 1. The molecule has 18 heavy (non-hydrogen) atoms. The molecule has 96 valence electrons. The molecule has 7 heteroatoms. The SMILES string of the molecule is O=C(CCN1CC=CC1=O)ON1C(=O)CCC1=O. The fourth-order valence-electron chi connectivity index (χ4n) is 1.71. The van der Waals surface area contributed by atoms with Gasteiger partial charge in [0.1, 0.15) is 0 Å². The number of amides is 3. The van der Waals surface area contributed by atoms with Gasteiger partial charge in [0.15, 0.2) is 0 Å². The zero-order valence-electron chi connectivity index (χ0n) is 9.63. The lowest BCUT2D eigenvalue weighted by atomic mass is 10.4. The van der Waals surface area contributed by atoms with Gasteiger partial charge in [-0.3, -0.25) is 14.4 Å². The first-order valence-electron chi connectivity index (χ1n) is 5.60. The van der Waals surface area contributed by atoms with Crippen molar-refractivity contribution in [2.24, 2.45) is 0 Å². The topological polar surface area (TPSA) is 84.0 Å². The summed E-state index contributed by atoms with van der Waals surface area (Å²) in [5.74, 6) is -1.87. The van der Waals surface area contributed by atoms with Crippen molar-refractivity contribution in [2.75, 3.05) is 13.1 Å². The lowest BCUT2D eigenvalue weighted by molar-refractivity contribution is -0.197. The smallest absolute Gasteiger partial charge is 0.334 e. The molecule has 0 saturated carbocycles. The van der Waals surface area contributed by atoms with Crippen LogP contribution < -0.4 is 0 Å². The largest absolute Gasteiger partial charge is 0.335 e. The van der Waals surface area contributed by atoms with Gasteiger partial charge in [-0.25, -0.2) is 4.79 Å². The third-order valence-corrected chi connectivity index (χ3v) is 2.68. The van der Waals surface area contributed by atoms with E-state index in [-0.39, 0.29) is 31.7 Å². The highest BCUT2D eigenvalue weighted by Crippen LogP contribution is 2.13. The zero-order valence-corrected chi connectivity index (χ0v) is 9.63. The predicted octanol–water partition coefficient (Wildman–Crippen LogP) is -0.618. The first kappa shape index (κ1) is 12.3. The molecular weight excluding hydrogens is 240 g/mol. The quantitative estimate of drug-likeness (QED) is 0.623. The second-order valence-corrected chi connectivity index (χ2v) is 3.98. The number of rotatable bonds is 4. The Kier molecular flexibility index (Phi) is 3.40. The van der Waals surface area contributed by atoms with Crippen LogP contribution >= 0.6 is 0 Å². The van der Waals surface area contributed by atoms with Gasteiger partial charge >= 0.3 is 5.97 Å². The van der Waals surface area contributed by atoms with E-state index in [9.17, 15) is 19.2 Å². The van der Waals surface area contributed by atoms with Crippen LogP contribution in [0.5, 0.6) is 0 Å². The number of hydroxylamine groups is 2. The number of carbonyl (C=O) groups is 4. The molecule has 0 N–H and O–H groups in total. The lowest BCUT2D eigenvalue weighted by Crippen LogP contribution is -2.34. The van der Waals surface area contributed by atoms with Crippen molar-refractivity contribution in [2.45, 2.75) is 19.3 Å². The van der Waals surface area contributed by atoms with Crippen LogP contribution in [0.15, 0.2) is 12.2 Å². The summed E-state index contributed by atoms with van der Waals surface area (Å²) < 4.78 is 0. The molecule has 0 radical (unpaired) electrons. The highest BCUT2D eigenvalue weighted by Gasteiger charge is 2.32. The van der Waals surface area contributed by atoms with Crippen LogP contribution in [-0.2, 0) is 24.0 Å². The summed E-state index contributed by atoms with van der Waals surface area (Å²) in [5, 5.41) is 0.506. The number of hydrogen-bond donors (Lipinski definition) is 0. The van der Waals surface area contributed by atoms with E-state index in [1.54, 1.807) is 6.08 Å². The maximum Gasteiger partial charge on any atom is 0.334 e. The normalized spacial score (nSPS) is 19.0. The first-order chi connectivity index (χ1) is 8.58. The van der Waals surface area contributed by atoms with E-state index in [0.717, 1.165) is 0 Å². The van der Waals surface area contributed by atoms with Crippen LogP contribution in [0.2, 0.25) is 0 Å². The zero-order chi connectivity index (χ0) is 13.1. The Balaban J connectivity index is 1.77. The fourth-order valence-corrected chi connectivity index (χ4v) is 1.71. The average molecular weight is 252 g/mol. The highest BCUT2D eigenvalue weighted by molar-refractivity contribution is 6.01. The molecule has 2 heterocycles. The number of carbonyl (C=O) groups excluding carboxylic acids is 4. The van der Waals surface area contributed by atoms with Crippen LogP contribution in [0.3, 0.4) is 0 Å². The van der Waals surface area contributed by atoms with Crippen molar-refractivity contribution in [3.63, 3.8) is 0 Å². The van der Waals surface area contributed by atoms with Gasteiger partial charge in [0, 0.05) is 32.0 Å². The molecule has 1 saturated heterocycles. The number of nitrogens with zero attached hydrogens (tertiary/aromatic N) is 2. The molecular formula is C11H12N2O5. The van der Waals surface area contributed by atoms with Crippen molar-refractivity contribution in [1.29, 1.82) is 0 Å². The molecule has 0 aliphatic carbocycles. The maximum absolute atomic E-state index is 11.4. The standard InChI is InChI=1S/C11H12N2O5/c14-8-2-1-6-12(8)7-5-11(17)18-13-9(15)3-4-10(13)16/h1-2H,3-7H2. The molecule has 2 aliphatic heterocycles. The van der Waals surface area contributed by atoms with Gasteiger partial charge in [-0.2, -0.15) is 0 Å². The second-order valence-electron chi connectivity index (χ2n) is 3.98. The third-order valence-electron chi connectivity index (χ3n) is 2.68. The van der Waals surface area contributed by atoms with Crippen molar-refractivity contribution in [3.8, 4) is 0 Å². The molecule has 0 aromatic heterocycles.